The molecule has 1 N–H and O–H groups in total. The highest BCUT2D eigenvalue weighted by Crippen LogP contribution is 2.24. The van der Waals surface area contributed by atoms with Crippen molar-refractivity contribution in [1.29, 1.82) is 0 Å². The van der Waals surface area contributed by atoms with Gasteiger partial charge in [0, 0.05) is 28.6 Å². The summed E-state index contributed by atoms with van der Waals surface area (Å²) in [7, 11) is -3.37. The van der Waals surface area contributed by atoms with Crippen LogP contribution < -0.4 is 4.72 Å². The SMILES string of the molecule is CS(=O)(=O)Nc1ccc(C(=O)/C=C/c2cn(Cc3ccccc3)nc2-c2ccccc2)cc1. The lowest BCUT2D eigenvalue weighted by atomic mass is 10.1. The van der Waals surface area contributed by atoms with Gasteiger partial charge in [-0.15, -0.1) is 0 Å². The molecular weight excluding hydrogens is 434 g/mol. The van der Waals surface area contributed by atoms with Crippen LogP contribution in [0.1, 0.15) is 21.5 Å². The summed E-state index contributed by atoms with van der Waals surface area (Å²) in [4.78, 5) is 12.7. The van der Waals surface area contributed by atoms with Crippen LogP contribution in [0.15, 0.2) is 97.2 Å². The summed E-state index contributed by atoms with van der Waals surface area (Å²) < 4.78 is 26.9. The molecule has 0 aliphatic rings. The summed E-state index contributed by atoms with van der Waals surface area (Å²) in [5.74, 6) is -0.185. The number of aromatic nitrogens is 2. The minimum atomic E-state index is -3.37. The van der Waals surface area contributed by atoms with E-state index in [1.807, 2.05) is 71.5 Å². The Balaban J connectivity index is 1.58. The van der Waals surface area contributed by atoms with E-state index >= 15 is 0 Å². The maximum absolute atomic E-state index is 12.7. The molecule has 33 heavy (non-hydrogen) atoms. The molecule has 1 heterocycles. The van der Waals surface area contributed by atoms with E-state index in [1.165, 1.54) is 6.08 Å². The van der Waals surface area contributed by atoms with E-state index in [0.717, 1.165) is 28.6 Å². The number of rotatable bonds is 8. The predicted octanol–water partition coefficient (Wildman–Crippen LogP) is 4.87. The Morgan fingerprint density at radius 1 is 0.939 bits per heavy atom. The van der Waals surface area contributed by atoms with Gasteiger partial charge >= 0.3 is 0 Å². The number of allylic oxidation sites excluding steroid dienone is 1. The zero-order chi connectivity index (χ0) is 23.3. The second-order valence-corrected chi connectivity index (χ2v) is 9.38. The minimum absolute atomic E-state index is 0.185. The van der Waals surface area contributed by atoms with Crippen molar-refractivity contribution >= 4 is 27.6 Å². The first kappa shape index (κ1) is 22.2. The molecule has 0 saturated carbocycles. The second-order valence-electron chi connectivity index (χ2n) is 7.63. The topological polar surface area (TPSA) is 81.1 Å². The summed E-state index contributed by atoms with van der Waals surface area (Å²) in [6, 6.07) is 26.2. The van der Waals surface area contributed by atoms with Gasteiger partial charge in [0.25, 0.3) is 0 Å². The van der Waals surface area contributed by atoms with Crippen LogP contribution in [-0.4, -0.2) is 30.2 Å². The summed E-state index contributed by atoms with van der Waals surface area (Å²) in [6.45, 7) is 0.622. The lowest BCUT2D eigenvalue weighted by Crippen LogP contribution is -2.09. The largest absolute Gasteiger partial charge is 0.289 e. The number of carbonyl (C=O) groups is 1. The Bertz CT molecular complexity index is 1380. The second kappa shape index (κ2) is 9.67. The Hall–Kier alpha value is -3.97. The summed E-state index contributed by atoms with van der Waals surface area (Å²) in [6.07, 6.45) is 6.28. The fourth-order valence-electron chi connectivity index (χ4n) is 3.41. The average molecular weight is 458 g/mol. The van der Waals surface area contributed by atoms with Gasteiger partial charge in [-0.3, -0.25) is 14.2 Å². The number of carbonyl (C=O) groups excluding carboxylic acids is 1. The fourth-order valence-corrected chi connectivity index (χ4v) is 3.97. The molecule has 0 bridgehead atoms. The van der Waals surface area contributed by atoms with Crippen LogP contribution in [-0.2, 0) is 16.6 Å². The van der Waals surface area contributed by atoms with Crippen molar-refractivity contribution in [1.82, 2.24) is 9.78 Å². The molecule has 0 aliphatic carbocycles. The van der Waals surface area contributed by atoms with Gasteiger partial charge in [0.15, 0.2) is 5.78 Å². The Kier molecular flexibility index (Phi) is 6.51. The third-order valence-electron chi connectivity index (χ3n) is 4.91. The Morgan fingerprint density at radius 3 is 2.21 bits per heavy atom. The molecule has 0 saturated heterocycles. The Morgan fingerprint density at radius 2 is 1.58 bits per heavy atom. The van der Waals surface area contributed by atoms with Crippen LogP contribution in [0.25, 0.3) is 17.3 Å². The van der Waals surface area contributed by atoms with E-state index in [0.29, 0.717) is 17.8 Å². The van der Waals surface area contributed by atoms with Crippen molar-refractivity contribution in [3.63, 3.8) is 0 Å². The lowest BCUT2D eigenvalue weighted by Gasteiger charge is -2.04. The number of benzene rings is 3. The minimum Gasteiger partial charge on any atom is -0.289 e. The van der Waals surface area contributed by atoms with Crippen LogP contribution in [0.3, 0.4) is 0 Å². The number of nitrogens with one attached hydrogen (secondary N) is 1. The van der Waals surface area contributed by atoms with E-state index in [9.17, 15) is 13.2 Å². The first-order chi connectivity index (χ1) is 15.9. The molecule has 7 heteroatoms. The maximum atomic E-state index is 12.7. The molecule has 0 unspecified atom stereocenters. The Labute approximate surface area is 193 Å². The van der Waals surface area contributed by atoms with Crippen LogP contribution in [0.2, 0.25) is 0 Å². The lowest BCUT2D eigenvalue weighted by molar-refractivity contribution is 0.104. The number of ketones is 1. The molecular formula is C26H23N3O3S. The average Bonchev–Trinajstić information content (AvgIpc) is 3.20. The third kappa shape index (κ3) is 6.05. The van der Waals surface area contributed by atoms with E-state index in [2.05, 4.69) is 4.72 Å². The zero-order valence-corrected chi connectivity index (χ0v) is 18.9. The molecule has 0 radical (unpaired) electrons. The van der Waals surface area contributed by atoms with Gasteiger partial charge in [-0.05, 0) is 42.0 Å². The van der Waals surface area contributed by atoms with Gasteiger partial charge in [0.1, 0.15) is 0 Å². The molecule has 0 spiro atoms. The van der Waals surface area contributed by atoms with E-state index < -0.39 is 10.0 Å². The predicted molar refractivity (Wildman–Crippen MR) is 131 cm³/mol. The molecule has 1 aromatic heterocycles. The quantitative estimate of drug-likeness (QED) is 0.302. The van der Waals surface area contributed by atoms with Crippen molar-refractivity contribution < 1.29 is 13.2 Å². The van der Waals surface area contributed by atoms with E-state index in [4.69, 9.17) is 5.10 Å². The van der Waals surface area contributed by atoms with Crippen LogP contribution >= 0.6 is 0 Å². The standard InChI is InChI=1S/C26H23N3O3S/c1-33(31,32)28-24-15-12-21(13-16-24)25(30)17-14-23-19-29(18-20-8-4-2-5-9-20)27-26(23)22-10-6-3-7-11-22/h2-17,19,28H,18H2,1H3/b17-14+. The number of nitrogens with zero attached hydrogens (tertiary/aromatic N) is 2. The molecule has 166 valence electrons. The maximum Gasteiger partial charge on any atom is 0.229 e. The van der Waals surface area contributed by atoms with Crippen LogP contribution in [0, 0.1) is 0 Å². The van der Waals surface area contributed by atoms with Crippen LogP contribution in [0.5, 0.6) is 0 Å². The molecule has 4 aromatic rings. The summed E-state index contributed by atoms with van der Waals surface area (Å²) in [5.41, 5.74) is 4.60. The molecule has 4 rings (SSSR count). The van der Waals surface area contributed by atoms with Gasteiger partial charge < -0.3 is 0 Å². The number of hydrogen-bond donors (Lipinski definition) is 1. The highest BCUT2D eigenvalue weighted by Gasteiger charge is 2.11. The molecule has 0 amide bonds. The fraction of sp³-hybridized carbons (Fsp3) is 0.0769. The molecule has 0 fully saturated rings. The normalized spacial score (nSPS) is 11.5. The molecule has 0 aliphatic heterocycles. The van der Waals surface area contributed by atoms with Gasteiger partial charge in [-0.1, -0.05) is 60.7 Å². The highest BCUT2D eigenvalue weighted by atomic mass is 32.2. The third-order valence-corrected chi connectivity index (χ3v) is 5.52. The molecule has 0 atom stereocenters. The summed E-state index contributed by atoms with van der Waals surface area (Å²) >= 11 is 0. The number of hydrogen-bond acceptors (Lipinski definition) is 4. The first-order valence-corrected chi connectivity index (χ1v) is 12.2. The van der Waals surface area contributed by atoms with Crippen molar-refractivity contribution in [3.05, 3.63) is 114 Å². The zero-order valence-electron chi connectivity index (χ0n) is 18.0. The summed E-state index contributed by atoms with van der Waals surface area (Å²) in [5, 5.41) is 4.76. The first-order valence-electron chi connectivity index (χ1n) is 10.3. The molecule has 3 aromatic carbocycles. The van der Waals surface area contributed by atoms with E-state index in [-0.39, 0.29) is 5.78 Å². The number of anilines is 1. The monoisotopic (exact) mass is 457 g/mol. The van der Waals surface area contributed by atoms with Crippen molar-refractivity contribution in [2.45, 2.75) is 6.54 Å². The van der Waals surface area contributed by atoms with E-state index in [1.54, 1.807) is 30.3 Å². The van der Waals surface area contributed by atoms with Crippen molar-refractivity contribution in [3.8, 4) is 11.3 Å². The van der Waals surface area contributed by atoms with Crippen molar-refractivity contribution in [2.24, 2.45) is 0 Å². The van der Waals surface area contributed by atoms with Gasteiger partial charge in [0.2, 0.25) is 10.0 Å². The van der Waals surface area contributed by atoms with Crippen LogP contribution in [0.4, 0.5) is 5.69 Å². The smallest absolute Gasteiger partial charge is 0.229 e. The number of sulfonamides is 1. The highest BCUT2D eigenvalue weighted by molar-refractivity contribution is 7.92. The van der Waals surface area contributed by atoms with Gasteiger partial charge in [0.05, 0.1) is 18.5 Å². The van der Waals surface area contributed by atoms with Gasteiger partial charge in [-0.25, -0.2) is 8.42 Å². The van der Waals surface area contributed by atoms with Crippen molar-refractivity contribution in [2.75, 3.05) is 11.0 Å². The molecule has 6 nitrogen and oxygen atoms in total. The van der Waals surface area contributed by atoms with Gasteiger partial charge in [-0.2, -0.15) is 5.10 Å².